The number of aryl methyl sites for hydroxylation is 1. The number of amides is 2. The number of carbonyl (C=O) groups is 2. The number of ether oxygens (including phenoxy) is 1. The minimum atomic E-state index is -0.628. The van der Waals surface area contributed by atoms with Crippen molar-refractivity contribution in [3.63, 3.8) is 0 Å². The van der Waals surface area contributed by atoms with Gasteiger partial charge in [-0.25, -0.2) is 0 Å². The number of nitrogens with two attached hydrogens (primary N) is 1. The van der Waals surface area contributed by atoms with Gasteiger partial charge in [0.05, 0.1) is 18.2 Å². The van der Waals surface area contributed by atoms with E-state index in [1.165, 1.54) is 18.3 Å². The molecule has 0 spiro atoms. The van der Waals surface area contributed by atoms with E-state index in [2.05, 4.69) is 10.3 Å². The number of primary amides is 1. The lowest BCUT2D eigenvalue weighted by molar-refractivity contribution is 0.0936. The fraction of sp³-hybridized carbons (Fsp3) is 0.278. The molecule has 1 atom stereocenters. The Morgan fingerprint density at radius 3 is 2.62 bits per heavy atom. The monoisotopic (exact) mass is 327 g/mol. The molecule has 0 aliphatic carbocycles. The van der Waals surface area contributed by atoms with Crippen LogP contribution >= 0.6 is 0 Å². The summed E-state index contributed by atoms with van der Waals surface area (Å²) in [4.78, 5) is 27.3. The van der Waals surface area contributed by atoms with Crippen LogP contribution in [0.25, 0.3) is 0 Å². The van der Waals surface area contributed by atoms with E-state index in [0.29, 0.717) is 12.2 Å². The SMILES string of the molecule is CCOc1ccc(C)cc1C(C)NC(=O)c1ccc(C(N)=O)nc1. The highest BCUT2D eigenvalue weighted by molar-refractivity contribution is 5.95. The number of carbonyl (C=O) groups excluding carboxylic acids is 2. The quantitative estimate of drug-likeness (QED) is 0.851. The van der Waals surface area contributed by atoms with Crippen LogP contribution in [0.3, 0.4) is 0 Å². The Bertz CT molecular complexity index is 742. The average Bonchev–Trinajstić information content (AvgIpc) is 2.56. The number of benzene rings is 1. The molecule has 1 heterocycles. The summed E-state index contributed by atoms with van der Waals surface area (Å²) in [6.07, 6.45) is 1.34. The van der Waals surface area contributed by atoms with Crippen LogP contribution in [0.1, 0.15) is 51.9 Å². The van der Waals surface area contributed by atoms with E-state index in [4.69, 9.17) is 10.5 Å². The third-order valence-electron chi connectivity index (χ3n) is 3.56. The van der Waals surface area contributed by atoms with Gasteiger partial charge in [0.25, 0.3) is 11.8 Å². The fourth-order valence-corrected chi connectivity index (χ4v) is 2.32. The van der Waals surface area contributed by atoms with Gasteiger partial charge in [0, 0.05) is 11.8 Å². The van der Waals surface area contributed by atoms with E-state index in [9.17, 15) is 9.59 Å². The third-order valence-corrected chi connectivity index (χ3v) is 3.56. The van der Waals surface area contributed by atoms with Crippen LogP contribution < -0.4 is 15.8 Å². The van der Waals surface area contributed by atoms with E-state index in [1.807, 2.05) is 39.0 Å². The molecule has 2 amide bonds. The second-order valence-corrected chi connectivity index (χ2v) is 5.47. The molecule has 24 heavy (non-hydrogen) atoms. The minimum absolute atomic E-state index is 0.122. The molecule has 126 valence electrons. The van der Waals surface area contributed by atoms with E-state index in [0.717, 1.165) is 16.9 Å². The van der Waals surface area contributed by atoms with Gasteiger partial charge in [0.2, 0.25) is 0 Å². The Kier molecular flexibility index (Phi) is 5.52. The molecule has 0 bridgehead atoms. The zero-order chi connectivity index (χ0) is 17.7. The van der Waals surface area contributed by atoms with Crippen LogP contribution in [0, 0.1) is 6.92 Å². The van der Waals surface area contributed by atoms with Crippen molar-refractivity contribution in [2.75, 3.05) is 6.61 Å². The standard InChI is InChI=1S/C18H21N3O3/c1-4-24-16-8-5-11(2)9-14(16)12(3)21-18(23)13-6-7-15(17(19)22)20-10-13/h5-10,12H,4H2,1-3H3,(H2,19,22)(H,21,23). The summed E-state index contributed by atoms with van der Waals surface area (Å²) < 4.78 is 5.63. The number of aromatic nitrogens is 1. The van der Waals surface area contributed by atoms with Gasteiger partial charge in [-0.15, -0.1) is 0 Å². The van der Waals surface area contributed by atoms with Gasteiger partial charge in [-0.2, -0.15) is 0 Å². The molecule has 3 N–H and O–H groups in total. The van der Waals surface area contributed by atoms with Crippen LogP contribution in [-0.2, 0) is 0 Å². The van der Waals surface area contributed by atoms with Gasteiger partial charge in [-0.1, -0.05) is 17.7 Å². The highest BCUT2D eigenvalue weighted by atomic mass is 16.5. The maximum absolute atomic E-state index is 12.4. The molecule has 0 radical (unpaired) electrons. The summed E-state index contributed by atoms with van der Waals surface area (Å²) in [6.45, 7) is 6.34. The summed E-state index contributed by atoms with van der Waals surface area (Å²) in [5, 5.41) is 2.91. The van der Waals surface area contributed by atoms with E-state index in [1.54, 1.807) is 0 Å². The molecular formula is C18H21N3O3. The Morgan fingerprint density at radius 2 is 2.04 bits per heavy atom. The number of rotatable bonds is 6. The van der Waals surface area contributed by atoms with E-state index in [-0.39, 0.29) is 17.6 Å². The molecule has 0 aliphatic heterocycles. The Labute approximate surface area is 141 Å². The first-order chi connectivity index (χ1) is 11.4. The van der Waals surface area contributed by atoms with Crippen molar-refractivity contribution < 1.29 is 14.3 Å². The molecule has 0 fully saturated rings. The Balaban J connectivity index is 2.16. The first-order valence-corrected chi connectivity index (χ1v) is 7.72. The average molecular weight is 327 g/mol. The molecular weight excluding hydrogens is 306 g/mol. The fourth-order valence-electron chi connectivity index (χ4n) is 2.32. The highest BCUT2D eigenvalue weighted by Gasteiger charge is 2.16. The molecule has 2 aromatic rings. The number of hydrogen-bond donors (Lipinski definition) is 2. The third kappa shape index (κ3) is 4.10. The maximum atomic E-state index is 12.4. The number of nitrogens with zero attached hydrogens (tertiary/aromatic N) is 1. The minimum Gasteiger partial charge on any atom is -0.494 e. The van der Waals surface area contributed by atoms with Crippen LogP contribution in [0.15, 0.2) is 36.5 Å². The van der Waals surface area contributed by atoms with Gasteiger partial charge in [0.15, 0.2) is 0 Å². The van der Waals surface area contributed by atoms with E-state index < -0.39 is 5.91 Å². The van der Waals surface area contributed by atoms with Crippen molar-refractivity contribution in [1.29, 1.82) is 0 Å². The summed E-state index contributed by atoms with van der Waals surface area (Å²) in [7, 11) is 0. The van der Waals surface area contributed by atoms with Crippen molar-refractivity contribution in [3.05, 3.63) is 58.9 Å². The number of nitrogens with one attached hydrogen (secondary N) is 1. The van der Waals surface area contributed by atoms with Crippen LogP contribution in [-0.4, -0.2) is 23.4 Å². The van der Waals surface area contributed by atoms with Crippen molar-refractivity contribution in [3.8, 4) is 5.75 Å². The predicted octanol–water partition coefficient (Wildman–Crippen LogP) is 2.38. The molecule has 6 nitrogen and oxygen atoms in total. The van der Waals surface area contributed by atoms with Gasteiger partial charge >= 0.3 is 0 Å². The topological polar surface area (TPSA) is 94.3 Å². The summed E-state index contributed by atoms with van der Waals surface area (Å²) >= 11 is 0. The molecule has 0 saturated heterocycles. The molecule has 1 aromatic carbocycles. The Morgan fingerprint density at radius 1 is 1.29 bits per heavy atom. The first kappa shape index (κ1) is 17.5. The van der Waals surface area contributed by atoms with Gasteiger partial charge in [0.1, 0.15) is 11.4 Å². The van der Waals surface area contributed by atoms with E-state index >= 15 is 0 Å². The van der Waals surface area contributed by atoms with Crippen molar-refractivity contribution >= 4 is 11.8 Å². The van der Waals surface area contributed by atoms with Gasteiger partial charge in [-0.05, 0) is 39.0 Å². The lowest BCUT2D eigenvalue weighted by Gasteiger charge is -2.18. The second kappa shape index (κ2) is 7.59. The molecule has 1 aromatic heterocycles. The predicted molar refractivity (Wildman–Crippen MR) is 91.0 cm³/mol. The molecule has 2 rings (SSSR count). The number of hydrogen-bond acceptors (Lipinski definition) is 4. The van der Waals surface area contributed by atoms with Crippen LogP contribution in [0.5, 0.6) is 5.75 Å². The Hall–Kier alpha value is -2.89. The lowest BCUT2D eigenvalue weighted by Crippen LogP contribution is -2.27. The highest BCUT2D eigenvalue weighted by Crippen LogP contribution is 2.26. The molecule has 0 saturated carbocycles. The molecule has 1 unspecified atom stereocenters. The molecule has 6 heteroatoms. The maximum Gasteiger partial charge on any atom is 0.267 e. The van der Waals surface area contributed by atoms with Crippen LogP contribution in [0.2, 0.25) is 0 Å². The normalized spacial score (nSPS) is 11.6. The van der Waals surface area contributed by atoms with Crippen LogP contribution in [0.4, 0.5) is 0 Å². The second-order valence-electron chi connectivity index (χ2n) is 5.47. The van der Waals surface area contributed by atoms with Crippen molar-refractivity contribution in [2.45, 2.75) is 26.8 Å². The molecule has 0 aliphatic rings. The lowest BCUT2D eigenvalue weighted by atomic mass is 10.0. The van der Waals surface area contributed by atoms with Crippen molar-refractivity contribution in [2.24, 2.45) is 5.73 Å². The first-order valence-electron chi connectivity index (χ1n) is 7.72. The largest absolute Gasteiger partial charge is 0.494 e. The summed E-state index contributed by atoms with van der Waals surface area (Å²) in [6, 6.07) is 8.57. The summed E-state index contributed by atoms with van der Waals surface area (Å²) in [5.41, 5.74) is 7.62. The number of pyridine rings is 1. The van der Waals surface area contributed by atoms with Gasteiger partial charge < -0.3 is 15.8 Å². The zero-order valence-corrected chi connectivity index (χ0v) is 14.0. The van der Waals surface area contributed by atoms with Gasteiger partial charge in [-0.3, -0.25) is 14.6 Å². The smallest absolute Gasteiger partial charge is 0.267 e. The van der Waals surface area contributed by atoms with Crippen molar-refractivity contribution in [1.82, 2.24) is 10.3 Å². The summed E-state index contributed by atoms with van der Waals surface area (Å²) in [5.74, 6) is -0.162. The zero-order valence-electron chi connectivity index (χ0n) is 14.0.